The quantitative estimate of drug-likeness (QED) is 0.861. The number of pyridine rings is 1. The van der Waals surface area contributed by atoms with Gasteiger partial charge in [-0.2, -0.15) is 0 Å². The summed E-state index contributed by atoms with van der Waals surface area (Å²) < 4.78 is 1.00. The van der Waals surface area contributed by atoms with Gasteiger partial charge in [0.15, 0.2) is 0 Å². The third kappa shape index (κ3) is 2.83. The first-order valence-electron chi connectivity index (χ1n) is 6.29. The summed E-state index contributed by atoms with van der Waals surface area (Å²) in [6, 6.07) is 10.8. The largest absolute Gasteiger partial charge is 0.305 e. The molecule has 2 unspecified atom stereocenters. The molecule has 2 atom stereocenters. The van der Waals surface area contributed by atoms with Crippen molar-refractivity contribution in [2.24, 2.45) is 0 Å². The van der Waals surface area contributed by atoms with Crippen molar-refractivity contribution in [3.8, 4) is 0 Å². The fourth-order valence-electron chi connectivity index (χ4n) is 2.56. The molecule has 0 saturated heterocycles. The standard InChI is InChI=1S/C15H14BrClN2/c16-12-5-10(7-18-9-12)8-19-15-13-4-2-1-3-11(13)6-14(15)17/h1-5,7,9,14-15,19H,6,8H2. The van der Waals surface area contributed by atoms with Crippen molar-refractivity contribution < 1.29 is 0 Å². The number of aromatic nitrogens is 1. The number of nitrogens with one attached hydrogen (secondary N) is 1. The number of rotatable bonds is 3. The van der Waals surface area contributed by atoms with Crippen LogP contribution in [0.15, 0.2) is 47.2 Å². The first kappa shape index (κ1) is 13.1. The molecule has 0 spiro atoms. The van der Waals surface area contributed by atoms with Crippen molar-refractivity contribution in [2.75, 3.05) is 0 Å². The molecule has 19 heavy (non-hydrogen) atoms. The van der Waals surface area contributed by atoms with Crippen LogP contribution in [0.2, 0.25) is 0 Å². The molecule has 3 rings (SSSR count). The lowest BCUT2D eigenvalue weighted by Crippen LogP contribution is -2.25. The van der Waals surface area contributed by atoms with Crippen LogP contribution < -0.4 is 5.32 Å². The molecule has 1 N–H and O–H groups in total. The Kier molecular flexibility index (Phi) is 3.87. The molecule has 1 aliphatic rings. The van der Waals surface area contributed by atoms with E-state index in [1.165, 1.54) is 11.1 Å². The van der Waals surface area contributed by atoms with Gasteiger partial charge in [0.2, 0.25) is 0 Å². The molecule has 0 radical (unpaired) electrons. The SMILES string of the molecule is ClC1Cc2ccccc2C1NCc1cncc(Br)c1. The average molecular weight is 338 g/mol. The Balaban J connectivity index is 1.74. The number of hydrogen-bond acceptors (Lipinski definition) is 2. The van der Waals surface area contributed by atoms with Crippen LogP contribution in [0.1, 0.15) is 22.7 Å². The topological polar surface area (TPSA) is 24.9 Å². The average Bonchev–Trinajstić information content (AvgIpc) is 2.72. The monoisotopic (exact) mass is 336 g/mol. The summed E-state index contributed by atoms with van der Waals surface area (Å²) in [6.45, 7) is 0.772. The Morgan fingerprint density at radius 2 is 2.16 bits per heavy atom. The molecular formula is C15H14BrClN2. The van der Waals surface area contributed by atoms with E-state index in [0.29, 0.717) is 0 Å². The van der Waals surface area contributed by atoms with Gasteiger partial charge in [0.25, 0.3) is 0 Å². The zero-order chi connectivity index (χ0) is 13.2. The second-order valence-electron chi connectivity index (χ2n) is 4.79. The van der Waals surface area contributed by atoms with Crippen molar-refractivity contribution in [3.05, 3.63) is 63.9 Å². The molecule has 98 valence electrons. The zero-order valence-corrected chi connectivity index (χ0v) is 12.7. The van der Waals surface area contributed by atoms with Gasteiger partial charge in [0.1, 0.15) is 0 Å². The third-order valence-corrected chi connectivity index (χ3v) is 4.29. The lowest BCUT2D eigenvalue weighted by molar-refractivity contribution is 0.535. The Bertz CT molecular complexity index is 588. The Morgan fingerprint density at radius 1 is 1.32 bits per heavy atom. The molecule has 0 bridgehead atoms. The van der Waals surface area contributed by atoms with Crippen LogP contribution >= 0.6 is 27.5 Å². The fourth-order valence-corrected chi connectivity index (χ4v) is 3.37. The predicted octanol–water partition coefficient (Wildman–Crippen LogP) is 3.84. The van der Waals surface area contributed by atoms with Crippen molar-refractivity contribution >= 4 is 27.5 Å². The van der Waals surface area contributed by atoms with Crippen LogP contribution in [0.3, 0.4) is 0 Å². The normalized spacial score (nSPS) is 21.4. The van der Waals surface area contributed by atoms with Crippen LogP contribution in [0.5, 0.6) is 0 Å². The Morgan fingerprint density at radius 3 is 3.00 bits per heavy atom. The van der Waals surface area contributed by atoms with E-state index < -0.39 is 0 Å². The molecule has 0 saturated carbocycles. The Hall–Kier alpha value is -0.900. The summed E-state index contributed by atoms with van der Waals surface area (Å²) in [5.74, 6) is 0. The molecule has 0 aliphatic heterocycles. The molecule has 1 aromatic carbocycles. The highest BCUT2D eigenvalue weighted by Crippen LogP contribution is 2.34. The molecule has 1 heterocycles. The highest BCUT2D eigenvalue weighted by Gasteiger charge is 2.30. The van der Waals surface area contributed by atoms with Crippen LogP contribution in [-0.4, -0.2) is 10.4 Å². The molecule has 2 aromatic rings. The van der Waals surface area contributed by atoms with E-state index in [4.69, 9.17) is 11.6 Å². The second-order valence-corrected chi connectivity index (χ2v) is 6.27. The van der Waals surface area contributed by atoms with Crippen molar-refractivity contribution in [1.82, 2.24) is 10.3 Å². The molecule has 0 amide bonds. The summed E-state index contributed by atoms with van der Waals surface area (Å²) in [7, 11) is 0. The van der Waals surface area contributed by atoms with E-state index in [1.54, 1.807) is 6.20 Å². The number of halogens is 2. The zero-order valence-electron chi connectivity index (χ0n) is 10.3. The minimum absolute atomic E-state index is 0.123. The van der Waals surface area contributed by atoms with Gasteiger partial charge >= 0.3 is 0 Å². The van der Waals surface area contributed by atoms with Crippen LogP contribution in [0, 0.1) is 0 Å². The highest BCUT2D eigenvalue weighted by atomic mass is 79.9. The van der Waals surface area contributed by atoms with Crippen molar-refractivity contribution in [1.29, 1.82) is 0 Å². The predicted molar refractivity (Wildman–Crippen MR) is 81.3 cm³/mol. The smallest absolute Gasteiger partial charge is 0.0571 e. The van der Waals surface area contributed by atoms with Gasteiger partial charge in [-0.1, -0.05) is 24.3 Å². The van der Waals surface area contributed by atoms with Crippen LogP contribution in [0.25, 0.3) is 0 Å². The van der Waals surface area contributed by atoms with E-state index in [0.717, 1.165) is 23.0 Å². The second kappa shape index (κ2) is 5.61. The molecule has 0 fully saturated rings. The van der Waals surface area contributed by atoms with Crippen molar-refractivity contribution in [3.63, 3.8) is 0 Å². The number of benzene rings is 1. The molecule has 4 heteroatoms. The minimum atomic E-state index is 0.123. The fraction of sp³-hybridized carbons (Fsp3) is 0.267. The van der Waals surface area contributed by atoms with E-state index >= 15 is 0 Å². The maximum absolute atomic E-state index is 6.45. The number of fused-ring (bicyclic) bond motifs is 1. The maximum Gasteiger partial charge on any atom is 0.0571 e. The summed E-state index contributed by atoms with van der Waals surface area (Å²) in [5.41, 5.74) is 3.83. The number of alkyl halides is 1. The molecule has 2 nitrogen and oxygen atoms in total. The number of nitrogens with zero attached hydrogens (tertiary/aromatic N) is 1. The number of hydrogen-bond donors (Lipinski definition) is 1. The van der Waals surface area contributed by atoms with Crippen molar-refractivity contribution in [2.45, 2.75) is 24.4 Å². The molecule has 1 aliphatic carbocycles. The van der Waals surface area contributed by atoms with Gasteiger partial charge < -0.3 is 5.32 Å². The molecular weight excluding hydrogens is 324 g/mol. The van der Waals surface area contributed by atoms with Gasteiger partial charge in [-0.3, -0.25) is 4.98 Å². The van der Waals surface area contributed by atoms with E-state index in [1.807, 2.05) is 6.20 Å². The third-order valence-electron chi connectivity index (χ3n) is 3.45. The minimum Gasteiger partial charge on any atom is -0.305 e. The van der Waals surface area contributed by atoms with E-state index in [9.17, 15) is 0 Å². The summed E-state index contributed by atoms with van der Waals surface area (Å²) in [6.07, 6.45) is 4.60. The maximum atomic E-state index is 6.45. The van der Waals surface area contributed by atoms with Gasteiger partial charge in [-0.15, -0.1) is 11.6 Å². The lowest BCUT2D eigenvalue weighted by Gasteiger charge is -2.17. The van der Waals surface area contributed by atoms with Gasteiger partial charge in [0.05, 0.1) is 5.38 Å². The first-order valence-corrected chi connectivity index (χ1v) is 7.51. The van der Waals surface area contributed by atoms with Crippen LogP contribution in [0.4, 0.5) is 0 Å². The molecule has 1 aromatic heterocycles. The van der Waals surface area contributed by atoms with E-state index in [2.05, 4.69) is 56.6 Å². The summed E-state index contributed by atoms with van der Waals surface area (Å²) >= 11 is 9.89. The summed E-state index contributed by atoms with van der Waals surface area (Å²) in [5, 5.41) is 3.66. The van der Waals surface area contributed by atoms with E-state index in [-0.39, 0.29) is 11.4 Å². The Labute approximate surface area is 126 Å². The van der Waals surface area contributed by atoms with Gasteiger partial charge in [-0.25, -0.2) is 0 Å². The summed E-state index contributed by atoms with van der Waals surface area (Å²) in [4.78, 5) is 4.17. The first-order chi connectivity index (χ1) is 9.24. The van der Waals surface area contributed by atoms with Gasteiger partial charge in [-0.05, 0) is 45.1 Å². The van der Waals surface area contributed by atoms with Gasteiger partial charge in [0, 0.05) is 29.5 Å². The lowest BCUT2D eigenvalue weighted by atomic mass is 10.1. The highest BCUT2D eigenvalue weighted by molar-refractivity contribution is 9.10. The van der Waals surface area contributed by atoms with Crippen LogP contribution in [-0.2, 0) is 13.0 Å².